The first kappa shape index (κ1) is 13.8. The number of hydrogen-bond acceptors (Lipinski definition) is 2. The van der Waals surface area contributed by atoms with Crippen molar-refractivity contribution in [2.75, 3.05) is 0 Å². The molecule has 0 aliphatic heterocycles. The van der Waals surface area contributed by atoms with E-state index in [-0.39, 0.29) is 6.04 Å². The molecular weight excluding hydrogens is 234 g/mol. The number of nitrogens with zero attached hydrogens (tertiary/aromatic N) is 2. The number of hydrogen-bond donors (Lipinski definition) is 1. The van der Waals surface area contributed by atoms with E-state index in [9.17, 15) is 0 Å². The monoisotopic (exact) mass is 257 g/mol. The standard InChI is InChI=1S/C16H23N3/c1-5-14-9-15(19(4)18-14)10-16(17)13-7-6-11(2)12(3)8-13/h6-9,16H,5,10,17H2,1-4H3. The van der Waals surface area contributed by atoms with Gasteiger partial charge in [-0.15, -0.1) is 0 Å². The molecule has 0 aliphatic rings. The molecule has 3 nitrogen and oxygen atoms in total. The molecule has 19 heavy (non-hydrogen) atoms. The van der Waals surface area contributed by atoms with Crippen LogP contribution in [0.3, 0.4) is 0 Å². The van der Waals surface area contributed by atoms with E-state index in [1.54, 1.807) is 0 Å². The van der Waals surface area contributed by atoms with Crippen LogP contribution >= 0.6 is 0 Å². The molecule has 2 rings (SSSR count). The Morgan fingerprint density at radius 2 is 1.95 bits per heavy atom. The van der Waals surface area contributed by atoms with Crippen LogP contribution in [0.15, 0.2) is 24.3 Å². The summed E-state index contributed by atoms with van der Waals surface area (Å²) in [4.78, 5) is 0. The minimum absolute atomic E-state index is 0.0272. The molecule has 0 saturated carbocycles. The highest BCUT2D eigenvalue weighted by Crippen LogP contribution is 2.19. The summed E-state index contributed by atoms with van der Waals surface area (Å²) in [6, 6.07) is 8.65. The van der Waals surface area contributed by atoms with Gasteiger partial charge in [0.1, 0.15) is 0 Å². The molecule has 0 aliphatic carbocycles. The molecule has 3 heteroatoms. The third-order valence-corrected chi connectivity index (χ3v) is 3.78. The van der Waals surface area contributed by atoms with E-state index in [2.05, 4.69) is 50.1 Å². The Morgan fingerprint density at radius 1 is 1.21 bits per heavy atom. The lowest BCUT2D eigenvalue weighted by Gasteiger charge is -2.13. The Balaban J connectivity index is 2.17. The maximum Gasteiger partial charge on any atom is 0.0624 e. The van der Waals surface area contributed by atoms with Gasteiger partial charge in [0, 0.05) is 25.2 Å². The van der Waals surface area contributed by atoms with Crippen molar-refractivity contribution in [2.45, 2.75) is 39.7 Å². The summed E-state index contributed by atoms with van der Waals surface area (Å²) in [5, 5.41) is 4.47. The minimum atomic E-state index is 0.0272. The summed E-state index contributed by atoms with van der Waals surface area (Å²) in [5.41, 5.74) is 12.5. The number of nitrogens with two attached hydrogens (primary N) is 1. The second-order valence-corrected chi connectivity index (χ2v) is 5.26. The summed E-state index contributed by atoms with van der Waals surface area (Å²) >= 11 is 0. The fourth-order valence-corrected chi connectivity index (χ4v) is 2.27. The van der Waals surface area contributed by atoms with Crippen LogP contribution in [0.4, 0.5) is 0 Å². The molecule has 0 amide bonds. The maximum atomic E-state index is 6.32. The van der Waals surface area contributed by atoms with Crippen molar-refractivity contribution in [1.82, 2.24) is 9.78 Å². The first-order valence-electron chi connectivity index (χ1n) is 6.85. The fraction of sp³-hybridized carbons (Fsp3) is 0.438. The van der Waals surface area contributed by atoms with Crippen LogP contribution < -0.4 is 5.73 Å². The number of benzene rings is 1. The lowest BCUT2D eigenvalue weighted by atomic mass is 9.98. The number of rotatable bonds is 4. The van der Waals surface area contributed by atoms with E-state index in [1.165, 1.54) is 22.4 Å². The number of aromatic nitrogens is 2. The largest absolute Gasteiger partial charge is 0.324 e. The van der Waals surface area contributed by atoms with Gasteiger partial charge in [0.25, 0.3) is 0 Å². The minimum Gasteiger partial charge on any atom is -0.324 e. The first-order valence-corrected chi connectivity index (χ1v) is 6.85. The highest BCUT2D eigenvalue weighted by atomic mass is 15.3. The van der Waals surface area contributed by atoms with Crippen LogP contribution in [0.2, 0.25) is 0 Å². The van der Waals surface area contributed by atoms with Crippen molar-refractivity contribution in [3.63, 3.8) is 0 Å². The Hall–Kier alpha value is -1.61. The zero-order chi connectivity index (χ0) is 14.0. The molecule has 1 aromatic carbocycles. The highest BCUT2D eigenvalue weighted by Gasteiger charge is 2.11. The lowest BCUT2D eigenvalue weighted by Crippen LogP contribution is -2.15. The predicted octanol–water partition coefficient (Wildman–Crippen LogP) is 2.84. The molecule has 2 N–H and O–H groups in total. The van der Waals surface area contributed by atoms with Crippen molar-refractivity contribution in [3.05, 3.63) is 52.3 Å². The third-order valence-electron chi connectivity index (χ3n) is 3.78. The molecule has 0 bridgehead atoms. The summed E-state index contributed by atoms with van der Waals surface area (Å²) in [7, 11) is 1.99. The summed E-state index contributed by atoms with van der Waals surface area (Å²) in [6.45, 7) is 6.37. The van der Waals surface area contributed by atoms with Crippen LogP contribution in [0.1, 0.15) is 41.0 Å². The Labute approximate surface area is 115 Å². The quantitative estimate of drug-likeness (QED) is 0.915. The van der Waals surface area contributed by atoms with Crippen LogP contribution in [0.25, 0.3) is 0 Å². The summed E-state index contributed by atoms with van der Waals surface area (Å²) < 4.78 is 1.94. The van der Waals surface area contributed by atoms with Gasteiger partial charge in [0.05, 0.1) is 5.69 Å². The molecule has 0 fully saturated rings. The van der Waals surface area contributed by atoms with Gasteiger partial charge in [-0.3, -0.25) is 4.68 Å². The zero-order valence-corrected chi connectivity index (χ0v) is 12.3. The molecule has 102 valence electrons. The Morgan fingerprint density at radius 3 is 2.53 bits per heavy atom. The molecule has 1 unspecified atom stereocenters. The topological polar surface area (TPSA) is 43.8 Å². The summed E-state index contributed by atoms with van der Waals surface area (Å²) in [5.74, 6) is 0. The first-order chi connectivity index (χ1) is 9.01. The molecule has 1 aromatic heterocycles. The smallest absolute Gasteiger partial charge is 0.0624 e. The number of aryl methyl sites for hydroxylation is 4. The van der Waals surface area contributed by atoms with Gasteiger partial charge in [-0.2, -0.15) is 5.10 Å². The van der Waals surface area contributed by atoms with E-state index in [1.807, 2.05) is 11.7 Å². The highest BCUT2D eigenvalue weighted by molar-refractivity contribution is 5.32. The van der Waals surface area contributed by atoms with Crippen molar-refractivity contribution >= 4 is 0 Å². The molecule has 2 aromatic rings. The maximum absolute atomic E-state index is 6.32. The van der Waals surface area contributed by atoms with Crippen molar-refractivity contribution in [3.8, 4) is 0 Å². The van der Waals surface area contributed by atoms with Crippen molar-refractivity contribution in [2.24, 2.45) is 12.8 Å². The van der Waals surface area contributed by atoms with Crippen LogP contribution in [-0.2, 0) is 19.9 Å². The molecule has 1 heterocycles. The van der Waals surface area contributed by atoms with E-state index >= 15 is 0 Å². The zero-order valence-electron chi connectivity index (χ0n) is 12.3. The van der Waals surface area contributed by atoms with E-state index < -0.39 is 0 Å². The van der Waals surface area contributed by atoms with Gasteiger partial charge < -0.3 is 5.73 Å². The summed E-state index contributed by atoms with van der Waals surface area (Å²) in [6.07, 6.45) is 1.79. The van der Waals surface area contributed by atoms with E-state index in [4.69, 9.17) is 5.73 Å². The molecule has 0 spiro atoms. The van der Waals surface area contributed by atoms with Gasteiger partial charge >= 0.3 is 0 Å². The van der Waals surface area contributed by atoms with Gasteiger partial charge in [-0.1, -0.05) is 25.1 Å². The third kappa shape index (κ3) is 3.04. The second kappa shape index (κ2) is 5.57. The fourth-order valence-electron chi connectivity index (χ4n) is 2.27. The molecular formula is C16H23N3. The van der Waals surface area contributed by atoms with Crippen LogP contribution in [0.5, 0.6) is 0 Å². The SMILES string of the molecule is CCc1cc(CC(N)c2ccc(C)c(C)c2)n(C)n1. The van der Waals surface area contributed by atoms with Gasteiger partial charge in [-0.05, 0) is 43.0 Å². The molecule has 0 radical (unpaired) electrons. The van der Waals surface area contributed by atoms with Crippen LogP contribution in [0, 0.1) is 13.8 Å². The van der Waals surface area contributed by atoms with Gasteiger partial charge in [-0.25, -0.2) is 0 Å². The van der Waals surface area contributed by atoms with Gasteiger partial charge in [0.15, 0.2) is 0 Å². The average molecular weight is 257 g/mol. The lowest BCUT2D eigenvalue weighted by molar-refractivity contribution is 0.638. The Kier molecular flexibility index (Phi) is 4.05. The van der Waals surface area contributed by atoms with E-state index in [0.29, 0.717) is 0 Å². The van der Waals surface area contributed by atoms with Gasteiger partial charge in [0.2, 0.25) is 0 Å². The van der Waals surface area contributed by atoms with Crippen molar-refractivity contribution in [1.29, 1.82) is 0 Å². The predicted molar refractivity (Wildman–Crippen MR) is 79.1 cm³/mol. The molecule has 1 atom stereocenters. The van der Waals surface area contributed by atoms with Crippen LogP contribution in [-0.4, -0.2) is 9.78 Å². The normalized spacial score (nSPS) is 12.7. The van der Waals surface area contributed by atoms with E-state index in [0.717, 1.165) is 18.5 Å². The second-order valence-electron chi connectivity index (χ2n) is 5.26. The Bertz CT molecular complexity index is 569. The molecule has 0 saturated heterocycles. The van der Waals surface area contributed by atoms with Crippen molar-refractivity contribution < 1.29 is 0 Å². The average Bonchev–Trinajstić information content (AvgIpc) is 2.73.